The van der Waals surface area contributed by atoms with Gasteiger partial charge in [-0.15, -0.1) is 5.10 Å². The Morgan fingerprint density at radius 2 is 2.05 bits per heavy atom. The van der Waals surface area contributed by atoms with Crippen LogP contribution in [0.25, 0.3) is 0 Å². The molecule has 0 amide bonds. The summed E-state index contributed by atoms with van der Waals surface area (Å²) < 4.78 is 6.82. The molecule has 6 heteroatoms. The second-order valence-corrected chi connectivity index (χ2v) is 5.25. The standard InChI is InChI=1S/C14H24N4O2/c1-4-11(5-2)18-13(10-6-8-15-9-7-10)12(16-17-18)14(19)20-3/h10-11,15H,4-9H2,1-3H3. The van der Waals surface area contributed by atoms with Crippen molar-refractivity contribution in [3.05, 3.63) is 11.4 Å². The quantitative estimate of drug-likeness (QED) is 0.834. The van der Waals surface area contributed by atoms with Gasteiger partial charge in [0.2, 0.25) is 0 Å². The summed E-state index contributed by atoms with van der Waals surface area (Å²) in [6.07, 6.45) is 3.99. The van der Waals surface area contributed by atoms with Crippen LogP contribution in [0.4, 0.5) is 0 Å². The first kappa shape index (κ1) is 15.0. The lowest BCUT2D eigenvalue weighted by atomic mass is 9.92. The monoisotopic (exact) mass is 280 g/mol. The summed E-state index contributed by atoms with van der Waals surface area (Å²) in [5, 5.41) is 11.7. The average Bonchev–Trinajstić information content (AvgIpc) is 2.93. The van der Waals surface area contributed by atoms with Gasteiger partial charge in [0.25, 0.3) is 0 Å². The van der Waals surface area contributed by atoms with Gasteiger partial charge in [-0.1, -0.05) is 19.1 Å². The highest BCUT2D eigenvalue weighted by molar-refractivity contribution is 5.88. The van der Waals surface area contributed by atoms with Crippen molar-refractivity contribution in [2.24, 2.45) is 0 Å². The lowest BCUT2D eigenvalue weighted by Gasteiger charge is -2.26. The molecule has 1 N–H and O–H groups in total. The molecule has 0 aliphatic carbocycles. The zero-order valence-electron chi connectivity index (χ0n) is 12.6. The highest BCUT2D eigenvalue weighted by Crippen LogP contribution is 2.30. The minimum absolute atomic E-state index is 0.297. The number of carbonyl (C=O) groups excluding carboxylic acids is 1. The molecule has 1 saturated heterocycles. The fourth-order valence-electron chi connectivity index (χ4n) is 2.92. The van der Waals surface area contributed by atoms with Crippen molar-refractivity contribution in [2.75, 3.05) is 20.2 Å². The number of nitrogens with one attached hydrogen (secondary N) is 1. The summed E-state index contributed by atoms with van der Waals surface area (Å²) in [4.78, 5) is 11.9. The molecule has 2 rings (SSSR count). The van der Waals surface area contributed by atoms with Crippen molar-refractivity contribution in [1.29, 1.82) is 0 Å². The number of nitrogens with zero attached hydrogens (tertiary/aromatic N) is 3. The van der Waals surface area contributed by atoms with Crippen LogP contribution in [0.3, 0.4) is 0 Å². The maximum Gasteiger partial charge on any atom is 0.360 e. The predicted molar refractivity (Wildman–Crippen MR) is 75.8 cm³/mol. The normalized spacial score (nSPS) is 16.6. The fourth-order valence-corrected chi connectivity index (χ4v) is 2.92. The maximum atomic E-state index is 11.9. The third-order valence-electron chi connectivity index (χ3n) is 4.12. The molecule has 1 aliphatic rings. The number of esters is 1. The third kappa shape index (κ3) is 2.85. The van der Waals surface area contributed by atoms with E-state index in [0.29, 0.717) is 17.7 Å². The molecule has 1 fully saturated rings. The average molecular weight is 280 g/mol. The van der Waals surface area contributed by atoms with Crippen LogP contribution in [-0.2, 0) is 4.74 Å². The first-order chi connectivity index (χ1) is 9.72. The summed E-state index contributed by atoms with van der Waals surface area (Å²) in [6, 6.07) is 0.297. The van der Waals surface area contributed by atoms with E-state index >= 15 is 0 Å². The molecule has 1 aromatic rings. The van der Waals surface area contributed by atoms with E-state index in [1.54, 1.807) is 0 Å². The second-order valence-electron chi connectivity index (χ2n) is 5.25. The molecule has 20 heavy (non-hydrogen) atoms. The third-order valence-corrected chi connectivity index (χ3v) is 4.12. The van der Waals surface area contributed by atoms with Crippen LogP contribution in [0.15, 0.2) is 0 Å². The largest absolute Gasteiger partial charge is 0.464 e. The summed E-state index contributed by atoms with van der Waals surface area (Å²) in [5.41, 5.74) is 1.36. The van der Waals surface area contributed by atoms with Gasteiger partial charge in [0, 0.05) is 5.92 Å². The Labute approximate surface area is 119 Å². The summed E-state index contributed by atoms with van der Waals surface area (Å²) in [5.74, 6) is -0.0447. The second kappa shape index (κ2) is 6.83. The SMILES string of the molecule is CCC(CC)n1nnc(C(=O)OC)c1C1CCNCC1. The van der Waals surface area contributed by atoms with E-state index in [-0.39, 0.29) is 5.97 Å². The van der Waals surface area contributed by atoms with Gasteiger partial charge in [-0.2, -0.15) is 0 Å². The Kier molecular flexibility index (Phi) is 5.11. The van der Waals surface area contributed by atoms with Gasteiger partial charge in [-0.25, -0.2) is 9.48 Å². The van der Waals surface area contributed by atoms with Crippen LogP contribution in [-0.4, -0.2) is 41.2 Å². The van der Waals surface area contributed by atoms with Crippen molar-refractivity contribution in [3.63, 3.8) is 0 Å². The molecule has 1 aliphatic heterocycles. The van der Waals surface area contributed by atoms with Crippen LogP contribution < -0.4 is 5.32 Å². The number of hydrogen-bond acceptors (Lipinski definition) is 5. The molecule has 0 unspecified atom stereocenters. The summed E-state index contributed by atoms with van der Waals surface area (Å²) in [6.45, 7) is 6.22. The fraction of sp³-hybridized carbons (Fsp3) is 0.786. The topological polar surface area (TPSA) is 69.0 Å². The van der Waals surface area contributed by atoms with Gasteiger partial charge in [0.1, 0.15) is 0 Å². The number of methoxy groups -OCH3 is 1. The molecule has 2 heterocycles. The van der Waals surface area contributed by atoms with Crippen LogP contribution in [0.1, 0.15) is 67.7 Å². The summed E-state index contributed by atoms with van der Waals surface area (Å²) >= 11 is 0. The van der Waals surface area contributed by atoms with Crippen molar-refractivity contribution in [2.45, 2.75) is 51.5 Å². The van der Waals surface area contributed by atoms with E-state index < -0.39 is 0 Å². The molecule has 112 valence electrons. The Balaban J connectivity index is 2.41. The van der Waals surface area contributed by atoms with E-state index in [9.17, 15) is 4.79 Å². The lowest BCUT2D eigenvalue weighted by molar-refractivity contribution is 0.0591. The molecular weight excluding hydrogens is 256 g/mol. The van der Waals surface area contributed by atoms with E-state index in [1.165, 1.54) is 7.11 Å². The summed E-state index contributed by atoms with van der Waals surface area (Å²) in [7, 11) is 1.39. The van der Waals surface area contributed by atoms with Gasteiger partial charge >= 0.3 is 5.97 Å². The van der Waals surface area contributed by atoms with Gasteiger partial charge < -0.3 is 10.1 Å². The molecule has 0 saturated carbocycles. The van der Waals surface area contributed by atoms with E-state index in [2.05, 4.69) is 29.5 Å². The van der Waals surface area contributed by atoms with E-state index in [4.69, 9.17) is 4.74 Å². The van der Waals surface area contributed by atoms with E-state index in [1.807, 2.05) is 4.68 Å². The van der Waals surface area contributed by atoms with Crippen LogP contribution in [0.2, 0.25) is 0 Å². The molecule has 0 radical (unpaired) electrons. The smallest absolute Gasteiger partial charge is 0.360 e. The molecule has 0 aromatic carbocycles. The van der Waals surface area contributed by atoms with Crippen molar-refractivity contribution in [3.8, 4) is 0 Å². The minimum atomic E-state index is -0.379. The number of aromatic nitrogens is 3. The number of rotatable bonds is 5. The number of ether oxygens (including phenoxy) is 1. The number of carbonyl (C=O) groups is 1. The molecule has 1 aromatic heterocycles. The highest BCUT2D eigenvalue weighted by atomic mass is 16.5. The van der Waals surface area contributed by atoms with Crippen molar-refractivity contribution >= 4 is 5.97 Å². The number of piperidine rings is 1. The molecule has 6 nitrogen and oxygen atoms in total. The van der Waals surface area contributed by atoms with Gasteiger partial charge in [0.15, 0.2) is 5.69 Å². The zero-order valence-corrected chi connectivity index (χ0v) is 12.6. The van der Waals surface area contributed by atoms with Crippen molar-refractivity contribution in [1.82, 2.24) is 20.3 Å². The van der Waals surface area contributed by atoms with Crippen molar-refractivity contribution < 1.29 is 9.53 Å². The molecule has 0 bridgehead atoms. The molecule has 0 spiro atoms. The first-order valence-electron chi connectivity index (χ1n) is 7.46. The number of hydrogen-bond donors (Lipinski definition) is 1. The molecule has 0 atom stereocenters. The zero-order chi connectivity index (χ0) is 14.5. The van der Waals surface area contributed by atoms with Crippen LogP contribution in [0.5, 0.6) is 0 Å². The Bertz CT molecular complexity index is 448. The van der Waals surface area contributed by atoms with Gasteiger partial charge in [-0.05, 0) is 38.8 Å². The van der Waals surface area contributed by atoms with Gasteiger partial charge in [0.05, 0.1) is 18.8 Å². The Morgan fingerprint density at radius 3 is 2.60 bits per heavy atom. The Morgan fingerprint density at radius 1 is 1.40 bits per heavy atom. The minimum Gasteiger partial charge on any atom is -0.464 e. The van der Waals surface area contributed by atoms with Crippen LogP contribution in [0, 0.1) is 0 Å². The predicted octanol–water partition coefficient (Wildman–Crippen LogP) is 1.89. The maximum absolute atomic E-state index is 11.9. The lowest BCUT2D eigenvalue weighted by Crippen LogP contribution is -2.29. The van der Waals surface area contributed by atoms with E-state index in [0.717, 1.165) is 44.5 Å². The van der Waals surface area contributed by atoms with Crippen LogP contribution >= 0.6 is 0 Å². The molecular formula is C14H24N4O2. The van der Waals surface area contributed by atoms with Gasteiger partial charge in [-0.3, -0.25) is 0 Å². The highest BCUT2D eigenvalue weighted by Gasteiger charge is 2.30. The first-order valence-corrected chi connectivity index (χ1v) is 7.46. The Hall–Kier alpha value is -1.43.